The lowest BCUT2D eigenvalue weighted by Gasteiger charge is -2.37. The van der Waals surface area contributed by atoms with Crippen molar-refractivity contribution in [1.29, 1.82) is 0 Å². The van der Waals surface area contributed by atoms with Gasteiger partial charge in [-0.1, -0.05) is 40.2 Å². The lowest BCUT2D eigenvalue weighted by Crippen LogP contribution is -2.29. The molecule has 1 heterocycles. The number of hydrogen-bond acceptors (Lipinski definition) is 2. The molecule has 1 N–H and O–H groups in total. The number of carbonyl (C=O) groups excluding carboxylic acids is 1. The summed E-state index contributed by atoms with van der Waals surface area (Å²) in [4.78, 5) is 11.7. The van der Waals surface area contributed by atoms with E-state index in [1.165, 1.54) is 11.1 Å². The number of nitrogens with one attached hydrogen (secondary N) is 1. The highest BCUT2D eigenvalue weighted by Gasteiger charge is 2.38. The predicted molar refractivity (Wildman–Crippen MR) is 96.9 cm³/mol. The van der Waals surface area contributed by atoms with E-state index in [4.69, 9.17) is 0 Å². The van der Waals surface area contributed by atoms with Crippen LogP contribution >= 0.6 is 15.9 Å². The van der Waals surface area contributed by atoms with E-state index in [9.17, 15) is 4.79 Å². The smallest absolute Gasteiger partial charge is 0.159 e. The minimum Gasteiger partial charge on any atom is -0.378 e. The molecule has 0 saturated carbocycles. The molecule has 116 valence electrons. The Morgan fingerprint density at radius 2 is 2.09 bits per heavy atom. The maximum absolute atomic E-state index is 11.7. The zero-order valence-electron chi connectivity index (χ0n) is 12.9. The Labute approximate surface area is 144 Å². The van der Waals surface area contributed by atoms with E-state index in [1.54, 1.807) is 6.92 Å². The van der Waals surface area contributed by atoms with Crippen LogP contribution in [0.1, 0.15) is 46.8 Å². The predicted octanol–water partition coefficient (Wildman–Crippen LogP) is 5.48. The molecule has 2 aliphatic rings. The molecule has 0 unspecified atom stereocenters. The van der Waals surface area contributed by atoms with Crippen molar-refractivity contribution in [3.63, 3.8) is 0 Å². The number of allylic oxidation sites excluding steroid dienone is 2. The number of carbonyl (C=O) groups is 1. The molecule has 3 heteroatoms. The van der Waals surface area contributed by atoms with Crippen LogP contribution in [0, 0.1) is 5.92 Å². The van der Waals surface area contributed by atoms with Crippen LogP contribution in [0.25, 0.3) is 0 Å². The molecule has 1 aliphatic heterocycles. The molecule has 0 amide bonds. The number of hydrogen-bond donors (Lipinski definition) is 1. The van der Waals surface area contributed by atoms with Gasteiger partial charge in [-0.25, -0.2) is 0 Å². The number of fused-ring (bicyclic) bond motifs is 3. The molecule has 4 rings (SSSR count). The second-order valence-corrected chi connectivity index (χ2v) is 7.30. The standard InChI is InChI=1S/C20H18BrNO/c1-12(23)13-8-9-19-18(11-13)16-6-3-7-17(16)20(22-19)14-4-2-5-15(21)10-14/h2-6,8-11,16-17,20,22H,7H2,1H3/t16-,17+,20-/m0/s1. The first-order valence-electron chi connectivity index (χ1n) is 7.97. The highest BCUT2D eigenvalue weighted by Crippen LogP contribution is 2.50. The largest absolute Gasteiger partial charge is 0.378 e. The molecule has 0 saturated heterocycles. The second-order valence-electron chi connectivity index (χ2n) is 6.39. The minimum absolute atomic E-state index is 0.125. The third kappa shape index (κ3) is 2.53. The molecule has 0 spiro atoms. The fraction of sp³-hybridized carbons (Fsp3) is 0.250. The fourth-order valence-corrected chi connectivity index (χ4v) is 4.26. The Morgan fingerprint density at radius 3 is 2.87 bits per heavy atom. The average molecular weight is 368 g/mol. The van der Waals surface area contributed by atoms with Crippen molar-refractivity contribution < 1.29 is 4.79 Å². The van der Waals surface area contributed by atoms with Crippen molar-refractivity contribution >= 4 is 27.4 Å². The maximum Gasteiger partial charge on any atom is 0.159 e. The molecule has 23 heavy (non-hydrogen) atoms. The molecule has 2 nitrogen and oxygen atoms in total. The average Bonchev–Trinajstić information content (AvgIpc) is 3.03. The highest BCUT2D eigenvalue weighted by molar-refractivity contribution is 9.10. The number of benzene rings is 2. The number of halogens is 1. The summed E-state index contributed by atoms with van der Waals surface area (Å²) < 4.78 is 1.11. The Kier molecular flexibility index (Phi) is 3.61. The SMILES string of the molecule is CC(=O)c1ccc2c(c1)[C@H]1C=CC[C@H]1[C@H](c1cccc(Br)c1)N2. The quantitative estimate of drug-likeness (QED) is 0.562. The van der Waals surface area contributed by atoms with Gasteiger partial charge in [0.1, 0.15) is 0 Å². The molecular formula is C20H18BrNO. The van der Waals surface area contributed by atoms with Crippen LogP contribution in [0.4, 0.5) is 5.69 Å². The molecule has 0 radical (unpaired) electrons. The van der Waals surface area contributed by atoms with Crippen molar-refractivity contribution in [2.75, 3.05) is 5.32 Å². The van der Waals surface area contributed by atoms with E-state index < -0.39 is 0 Å². The van der Waals surface area contributed by atoms with Gasteiger partial charge in [0.2, 0.25) is 0 Å². The molecule has 2 aromatic rings. The molecule has 0 fully saturated rings. The topological polar surface area (TPSA) is 29.1 Å². The Balaban J connectivity index is 1.79. The maximum atomic E-state index is 11.7. The first-order valence-corrected chi connectivity index (χ1v) is 8.76. The number of ketones is 1. The molecular weight excluding hydrogens is 350 g/mol. The van der Waals surface area contributed by atoms with E-state index >= 15 is 0 Å². The summed E-state index contributed by atoms with van der Waals surface area (Å²) in [6.45, 7) is 1.63. The fourth-order valence-electron chi connectivity index (χ4n) is 3.84. The monoisotopic (exact) mass is 367 g/mol. The molecule has 3 atom stereocenters. The van der Waals surface area contributed by atoms with Gasteiger partial charge in [0.15, 0.2) is 5.78 Å². The van der Waals surface area contributed by atoms with Crippen molar-refractivity contribution in [2.24, 2.45) is 5.92 Å². The summed E-state index contributed by atoms with van der Waals surface area (Å²) in [7, 11) is 0. The van der Waals surface area contributed by atoms with Crippen LogP contribution in [-0.2, 0) is 0 Å². The van der Waals surface area contributed by atoms with Gasteiger partial charge in [-0.2, -0.15) is 0 Å². The Hall–Kier alpha value is -1.87. The molecule has 2 aromatic carbocycles. The van der Waals surface area contributed by atoms with Gasteiger partial charge >= 0.3 is 0 Å². The molecule has 0 bridgehead atoms. The third-order valence-electron chi connectivity index (χ3n) is 4.98. The number of Topliss-reactive ketones (excluding diaryl/α,β-unsaturated/α-hetero) is 1. The first-order chi connectivity index (χ1) is 11.1. The van der Waals surface area contributed by atoms with Gasteiger partial charge < -0.3 is 5.32 Å². The van der Waals surface area contributed by atoms with Crippen LogP contribution in [0.15, 0.2) is 59.1 Å². The van der Waals surface area contributed by atoms with Crippen molar-refractivity contribution in [1.82, 2.24) is 0 Å². The second kappa shape index (κ2) is 5.64. The highest BCUT2D eigenvalue weighted by atomic mass is 79.9. The van der Waals surface area contributed by atoms with E-state index in [0.717, 1.165) is 22.1 Å². The van der Waals surface area contributed by atoms with Gasteiger partial charge in [-0.05, 0) is 60.7 Å². The van der Waals surface area contributed by atoms with Gasteiger partial charge in [-0.15, -0.1) is 0 Å². The normalized spacial score (nSPS) is 24.7. The van der Waals surface area contributed by atoms with Gasteiger partial charge in [0.25, 0.3) is 0 Å². The summed E-state index contributed by atoms with van der Waals surface area (Å²) in [5, 5.41) is 3.71. The zero-order valence-corrected chi connectivity index (χ0v) is 14.5. The summed E-state index contributed by atoms with van der Waals surface area (Å²) in [6.07, 6.45) is 5.65. The van der Waals surface area contributed by atoms with Crippen LogP contribution in [-0.4, -0.2) is 5.78 Å². The van der Waals surface area contributed by atoms with E-state index in [2.05, 4.69) is 69.8 Å². The van der Waals surface area contributed by atoms with Gasteiger partial charge in [0, 0.05) is 21.6 Å². The first kappa shape index (κ1) is 14.7. The van der Waals surface area contributed by atoms with E-state index in [1.807, 2.05) is 6.07 Å². The van der Waals surface area contributed by atoms with Gasteiger partial charge in [-0.3, -0.25) is 4.79 Å². The van der Waals surface area contributed by atoms with Crippen molar-refractivity contribution in [3.8, 4) is 0 Å². The summed E-state index contributed by atoms with van der Waals surface area (Å²) in [5.41, 5.74) is 4.50. The number of anilines is 1. The van der Waals surface area contributed by atoms with Gasteiger partial charge in [0.05, 0.1) is 6.04 Å². The molecule has 0 aromatic heterocycles. The lowest BCUT2D eigenvalue weighted by atomic mass is 9.76. The van der Waals surface area contributed by atoms with Crippen LogP contribution in [0.2, 0.25) is 0 Å². The number of rotatable bonds is 2. The van der Waals surface area contributed by atoms with E-state index in [-0.39, 0.29) is 5.78 Å². The summed E-state index contributed by atoms with van der Waals surface area (Å²) in [6, 6.07) is 14.9. The lowest BCUT2D eigenvalue weighted by molar-refractivity contribution is 0.101. The van der Waals surface area contributed by atoms with Crippen LogP contribution in [0.5, 0.6) is 0 Å². The molecule has 1 aliphatic carbocycles. The van der Waals surface area contributed by atoms with Crippen LogP contribution in [0.3, 0.4) is 0 Å². The Bertz CT molecular complexity index is 811. The third-order valence-corrected chi connectivity index (χ3v) is 5.47. The van der Waals surface area contributed by atoms with E-state index in [0.29, 0.717) is 17.9 Å². The summed E-state index contributed by atoms with van der Waals surface area (Å²) in [5.74, 6) is 1.01. The minimum atomic E-state index is 0.125. The van der Waals surface area contributed by atoms with Crippen molar-refractivity contribution in [3.05, 3.63) is 75.8 Å². The zero-order chi connectivity index (χ0) is 16.0. The van der Waals surface area contributed by atoms with Crippen molar-refractivity contribution in [2.45, 2.75) is 25.3 Å². The Morgan fingerprint density at radius 1 is 1.22 bits per heavy atom. The van der Waals surface area contributed by atoms with Crippen LogP contribution < -0.4 is 5.32 Å². The summed E-state index contributed by atoms with van der Waals surface area (Å²) >= 11 is 3.58.